The second kappa shape index (κ2) is 19.1. The number of hydrogen-bond acceptors (Lipinski definition) is 13. The summed E-state index contributed by atoms with van der Waals surface area (Å²) in [7, 11) is 0.511. The number of anilines is 2. The van der Waals surface area contributed by atoms with Crippen molar-refractivity contribution in [1.82, 2.24) is 29.4 Å². The van der Waals surface area contributed by atoms with Crippen LogP contribution in [-0.4, -0.2) is 137 Å². The van der Waals surface area contributed by atoms with Gasteiger partial charge in [0.1, 0.15) is 34.6 Å². The quantitative estimate of drug-likeness (QED) is 0.135. The molecular formula is C41H49F5N8O7S. The molecule has 2 aromatic carbocycles. The van der Waals surface area contributed by atoms with Crippen molar-refractivity contribution in [1.29, 1.82) is 0 Å². The third-order valence-electron chi connectivity index (χ3n) is 11.4. The highest BCUT2D eigenvalue weighted by Crippen LogP contribution is 2.40. The summed E-state index contributed by atoms with van der Waals surface area (Å²) in [6, 6.07) is 5.57. The number of benzene rings is 2. The molecule has 15 nitrogen and oxygen atoms in total. The van der Waals surface area contributed by atoms with E-state index in [0.29, 0.717) is 44.0 Å². The van der Waals surface area contributed by atoms with Crippen LogP contribution in [0.25, 0.3) is 11.4 Å². The maximum atomic E-state index is 13.7. The Morgan fingerprint density at radius 3 is 1.34 bits per heavy atom. The Bertz CT molecular complexity index is 2420. The van der Waals surface area contributed by atoms with Crippen LogP contribution in [0.3, 0.4) is 0 Å². The van der Waals surface area contributed by atoms with E-state index in [4.69, 9.17) is 13.7 Å². The molecular weight excluding hydrogens is 844 g/mol. The summed E-state index contributed by atoms with van der Waals surface area (Å²) < 4.78 is 108. The number of halogens is 5. The smallest absolute Gasteiger partial charge is 0.316 e. The van der Waals surface area contributed by atoms with Crippen molar-refractivity contribution in [2.45, 2.75) is 12.8 Å². The minimum Gasteiger partial charge on any atom is -0.486 e. The van der Waals surface area contributed by atoms with Gasteiger partial charge in [0.2, 0.25) is 11.5 Å². The van der Waals surface area contributed by atoms with Gasteiger partial charge in [-0.1, -0.05) is 0 Å². The molecule has 0 N–H and O–H groups in total. The average molecular weight is 893 g/mol. The summed E-state index contributed by atoms with van der Waals surface area (Å²) in [6.07, 6.45) is 5.41. The lowest BCUT2D eigenvalue weighted by molar-refractivity contribution is 0.256. The van der Waals surface area contributed by atoms with Gasteiger partial charge in [-0.2, -0.15) is 28.0 Å². The standard InChI is InChI=1S/C21H26F2N4O5S.C20H23F3N4O2/c1-25-3-5-26(6-4-25)19-11-24-27(18-9-16(22)8-17(23)10-18)21(28)20(19)31-12-14-7-15(14)13-32-33(2,29)30;1-25-2-4-26(5-3-25)18-11-24-27(17-8-15(22)7-16(23)9-17)20(28)19(18)29-12-14-6-13(14)10-21/h8-11,14-15H,3-7,12-13H2,1-2H3;7-9,11,13-14H,2-6,10,12H2,1H3/t14-,15-;13-,14-/m11/s1. The molecule has 2 saturated carbocycles. The number of nitrogens with zero attached hydrogens (tertiary/aromatic N) is 8. The highest BCUT2D eigenvalue weighted by molar-refractivity contribution is 7.85. The maximum Gasteiger partial charge on any atom is 0.316 e. The zero-order chi connectivity index (χ0) is 44.3. The van der Waals surface area contributed by atoms with Gasteiger partial charge in [-0.3, -0.25) is 18.2 Å². The lowest BCUT2D eigenvalue weighted by Crippen LogP contribution is -2.45. The van der Waals surface area contributed by atoms with E-state index >= 15 is 0 Å². The maximum absolute atomic E-state index is 13.7. The third-order valence-corrected chi connectivity index (χ3v) is 12.0. The topological polar surface area (TPSA) is 145 Å². The molecule has 4 heterocycles. The van der Waals surface area contributed by atoms with Gasteiger partial charge in [-0.15, -0.1) is 0 Å². The largest absolute Gasteiger partial charge is 0.486 e. The second-order valence-corrected chi connectivity index (χ2v) is 17.9. The molecule has 8 rings (SSSR count). The first-order valence-corrected chi connectivity index (χ1v) is 22.1. The van der Waals surface area contributed by atoms with E-state index in [2.05, 4.69) is 20.0 Å². The number of ether oxygens (including phenoxy) is 2. The minimum absolute atomic E-state index is 0.0182. The van der Waals surface area contributed by atoms with E-state index in [-0.39, 0.29) is 66.4 Å². The Hall–Kier alpha value is -5.12. The fourth-order valence-electron chi connectivity index (χ4n) is 7.38. The van der Waals surface area contributed by atoms with Gasteiger partial charge in [0.05, 0.1) is 56.5 Å². The highest BCUT2D eigenvalue weighted by Gasteiger charge is 2.40. The zero-order valence-electron chi connectivity index (χ0n) is 34.6. The van der Waals surface area contributed by atoms with Gasteiger partial charge in [-0.25, -0.2) is 17.6 Å². The fraction of sp³-hybridized carbons (Fsp3) is 0.512. The molecule has 62 heavy (non-hydrogen) atoms. The first-order chi connectivity index (χ1) is 29.6. The molecule has 4 aliphatic rings. The molecule has 0 spiro atoms. The molecule has 2 aliphatic carbocycles. The van der Waals surface area contributed by atoms with Crippen molar-refractivity contribution in [3.63, 3.8) is 0 Å². The summed E-state index contributed by atoms with van der Waals surface area (Å²) in [5, 5.41) is 8.28. The molecule has 4 aromatic rings. The normalized spacial score (nSPS) is 21.6. The van der Waals surface area contributed by atoms with E-state index in [0.717, 1.165) is 84.6 Å². The number of piperazine rings is 2. The SMILES string of the molecule is CN1CCN(c2cnn(-c3cc(F)cc(F)c3)c(=O)c2OC[C@H]2C[C@@H]2CF)CC1.CN1CCN(c2cnn(-c3cc(F)cc(F)c3)c(=O)c2OC[C@H]2C[C@@H]2COS(C)(=O)=O)CC1. The third kappa shape index (κ3) is 11.3. The summed E-state index contributed by atoms with van der Waals surface area (Å²) in [5.41, 5.74) is -0.210. The number of rotatable bonds is 14. The van der Waals surface area contributed by atoms with Gasteiger partial charge in [0.25, 0.3) is 10.1 Å². The lowest BCUT2D eigenvalue weighted by atomic mass is 10.2. The average Bonchev–Trinajstić information content (AvgIpc) is 4.15. The van der Waals surface area contributed by atoms with Gasteiger partial charge in [0, 0.05) is 64.5 Å². The van der Waals surface area contributed by atoms with E-state index in [1.165, 1.54) is 12.4 Å². The van der Waals surface area contributed by atoms with Crippen LogP contribution in [-0.2, 0) is 14.3 Å². The predicted octanol–water partition coefficient (Wildman–Crippen LogP) is 3.50. The second-order valence-electron chi connectivity index (χ2n) is 16.3. The van der Waals surface area contributed by atoms with E-state index in [9.17, 15) is 40.0 Å². The van der Waals surface area contributed by atoms with Crippen LogP contribution in [0.4, 0.5) is 33.3 Å². The van der Waals surface area contributed by atoms with Crippen LogP contribution in [0.2, 0.25) is 0 Å². The van der Waals surface area contributed by atoms with E-state index in [1.54, 1.807) is 0 Å². The van der Waals surface area contributed by atoms with Gasteiger partial charge in [0.15, 0.2) is 0 Å². The molecule has 0 radical (unpaired) electrons. The Balaban J connectivity index is 0.000000188. The Morgan fingerprint density at radius 1 is 0.597 bits per heavy atom. The van der Waals surface area contributed by atoms with Crippen LogP contribution < -0.4 is 30.4 Å². The monoisotopic (exact) mass is 892 g/mol. The molecule has 0 unspecified atom stereocenters. The molecule has 4 atom stereocenters. The molecule has 2 aliphatic heterocycles. The van der Waals surface area contributed by atoms with Gasteiger partial charge >= 0.3 is 11.1 Å². The summed E-state index contributed by atoms with van der Waals surface area (Å²) >= 11 is 0. The molecule has 2 aromatic heterocycles. The minimum atomic E-state index is -3.52. The predicted molar refractivity (Wildman–Crippen MR) is 220 cm³/mol. The number of alkyl halides is 1. The first-order valence-electron chi connectivity index (χ1n) is 20.3. The Labute approximate surface area is 355 Å². The summed E-state index contributed by atoms with van der Waals surface area (Å²) in [4.78, 5) is 34.8. The van der Waals surface area contributed by atoms with Crippen molar-refractivity contribution in [3.8, 4) is 22.9 Å². The molecule has 21 heteroatoms. The zero-order valence-corrected chi connectivity index (χ0v) is 35.4. The summed E-state index contributed by atoms with van der Waals surface area (Å²) in [5.74, 6) is -3.00. The highest BCUT2D eigenvalue weighted by atomic mass is 32.2. The Kier molecular flexibility index (Phi) is 13.8. The van der Waals surface area contributed by atoms with Crippen LogP contribution in [0.5, 0.6) is 11.5 Å². The lowest BCUT2D eigenvalue weighted by Gasteiger charge is -2.34. The van der Waals surface area contributed by atoms with Crippen molar-refractivity contribution in [2.24, 2.45) is 23.7 Å². The van der Waals surface area contributed by atoms with E-state index < -0.39 is 51.2 Å². The van der Waals surface area contributed by atoms with Crippen molar-refractivity contribution < 1.29 is 44.0 Å². The molecule has 0 bridgehead atoms. The van der Waals surface area contributed by atoms with Crippen LogP contribution in [0, 0.1) is 46.9 Å². The number of aromatic nitrogens is 4. The van der Waals surface area contributed by atoms with Crippen LogP contribution in [0.15, 0.2) is 58.4 Å². The van der Waals surface area contributed by atoms with Gasteiger partial charge < -0.3 is 29.1 Å². The first kappa shape index (κ1) is 44.9. The van der Waals surface area contributed by atoms with Crippen molar-refractivity contribution in [3.05, 3.63) is 92.8 Å². The van der Waals surface area contributed by atoms with Crippen LogP contribution >= 0.6 is 0 Å². The Morgan fingerprint density at radius 2 is 0.968 bits per heavy atom. The molecule has 4 fully saturated rings. The fourth-order valence-corrected chi connectivity index (χ4v) is 7.80. The molecule has 2 saturated heterocycles. The van der Waals surface area contributed by atoms with Crippen molar-refractivity contribution >= 4 is 21.5 Å². The summed E-state index contributed by atoms with van der Waals surface area (Å²) in [6.45, 7) is 6.06. The van der Waals surface area contributed by atoms with Crippen molar-refractivity contribution in [2.75, 3.05) is 109 Å². The van der Waals surface area contributed by atoms with E-state index in [1.807, 2.05) is 23.9 Å². The number of likely N-dealkylation sites (N-methyl/N-ethyl adjacent to an activating group) is 2. The molecule has 0 amide bonds. The number of hydrogen-bond donors (Lipinski definition) is 0. The molecule has 336 valence electrons. The van der Waals surface area contributed by atoms with Gasteiger partial charge in [-0.05, 0) is 74.9 Å². The van der Waals surface area contributed by atoms with Crippen LogP contribution in [0.1, 0.15) is 12.8 Å².